The summed E-state index contributed by atoms with van der Waals surface area (Å²) in [6.07, 6.45) is 6.34. The summed E-state index contributed by atoms with van der Waals surface area (Å²) in [7, 11) is 0. The summed E-state index contributed by atoms with van der Waals surface area (Å²) < 4.78 is 0. The van der Waals surface area contributed by atoms with Crippen LogP contribution in [0.5, 0.6) is 0 Å². The molecule has 2 aromatic heterocycles. The number of hydrogen-bond donors (Lipinski definition) is 1. The number of piperidine rings is 2. The van der Waals surface area contributed by atoms with Gasteiger partial charge in [-0.1, -0.05) is 6.92 Å². The van der Waals surface area contributed by atoms with E-state index in [1.807, 2.05) is 32.2 Å². The van der Waals surface area contributed by atoms with Crippen LogP contribution < -0.4 is 5.32 Å². The number of carbonyl (C=O) groups excluding carboxylic acids is 1. The predicted molar refractivity (Wildman–Crippen MR) is 122 cm³/mol. The normalized spacial score (nSPS) is 20.6. The lowest BCUT2D eigenvalue weighted by Gasteiger charge is -2.35. The van der Waals surface area contributed by atoms with Crippen LogP contribution in [-0.2, 0) is 4.79 Å². The number of rotatable bonds is 5. The van der Waals surface area contributed by atoms with Gasteiger partial charge >= 0.3 is 0 Å². The van der Waals surface area contributed by atoms with E-state index in [4.69, 9.17) is 4.98 Å². The molecule has 31 heavy (non-hydrogen) atoms. The highest BCUT2D eigenvalue weighted by Crippen LogP contribution is 2.27. The predicted octanol–water partition coefficient (Wildman–Crippen LogP) is 3.67. The third-order valence-electron chi connectivity index (χ3n) is 6.44. The van der Waals surface area contributed by atoms with Crippen molar-refractivity contribution < 1.29 is 4.79 Å². The van der Waals surface area contributed by atoms with Gasteiger partial charge in [0.15, 0.2) is 0 Å². The van der Waals surface area contributed by atoms with Crippen molar-refractivity contribution in [3.05, 3.63) is 41.5 Å². The zero-order valence-electron chi connectivity index (χ0n) is 19.0. The summed E-state index contributed by atoms with van der Waals surface area (Å²) in [5.41, 5.74) is 3.86. The van der Waals surface area contributed by atoms with Gasteiger partial charge in [-0.2, -0.15) is 0 Å². The van der Waals surface area contributed by atoms with Gasteiger partial charge in [0.2, 0.25) is 11.9 Å². The average Bonchev–Trinajstić information content (AvgIpc) is 2.74. The minimum atomic E-state index is 0.286. The zero-order chi connectivity index (χ0) is 21.8. The topological polar surface area (TPSA) is 74.2 Å². The molecule has 2 aliphatic rings. The Bertz CT molecular complexity index is 871. The van der Waals surface area contributed by atoms with E-state index in [1.54, 1.807) is 0 Å². The van der Waals surface area contributed by atoms with Gasteiger partial charge in [0.25, 0.3) is 0 Å². The van der Waals surface area contributed by atoms with E-state index in [0.29, 0.717) is 18.4 Å². The SMILES string of the molecule is Cc1cc(C)nc(Nc2ccc([C@H]3CCCN(CC(=O)N4CCC(C)CC4)C3)nc2)n1. The first-order chi connectivity index (χ1) is 15.0. The summed E-state index contributed by atoms with van der Waals surface area (Å²) in [6, 6.07) is 6.09. The maximum Gasteiger partial charge on any atom is 0.236 e. The first-order valence-corrected chi connectivity index (χ1v) is 11.5. The van der Waals surface area contributed by atoms with Crippen LogP contribution in [-0.4, -0.2) is 63.4 Å². The molecule has 2 fully saturated rings. The Labute approximate surface area is 185 Å². The van der Waals surface area contributed by atoms with Crippen LogP contribution in [0.25, 0.3) is 0 Å². The highest BCUT2D eigenvalue weighted by Gasteiger charge is 2.26. The second-order valence-electron chi connectivity index (χ2n) is 9.21. The van der Waals surface area contributed by atoms with E-state index >= 15 is 0 Å². The molecular weight excluding hydrogens is 388 g/mol. The summed E-state index contributed by atoms with van der Waals surface area (Å²) in [5.74, 6) is 2.00. The van der Waals surface area contributed by atoms with Crippen molar-refractivity contribution in [3.63, 3.8) is 0 Å². The Morgan fingerprint density at radius 3 is 2.52 bits per heavy atom. The molecule has 2 aliphatic heterocycles. The van der Waals surface area contributed by atoms with E-state index in [-0.39, 0.29) is 5.91 Å². The molecule has 1 N–H and O–H groups in total. The van der Waals surface area contributed by atoms with Gasteiger partial charge in [-0.15, -0.1) is 0 Å². The van der Waals surface area contributed by atoms with Crippen LogP contribution >= 0.6 is 0 Å². The number of aromatic nitrogens is 3. The minimum absolute atomic E-state index is 0.286. The van der Waals surface area contributed by atoms with Crippen molar-refractivity contribution >= 4 is 17.5 Å². The maximum atomic E-state index is 12.7. The van der Waals surface area contributed by atoms with E-state index in [0.717, 1.165) is 80.5 Å². The fraction of sp³-hybridized carbons (Fsp3) is 0.583. The molecule has 7 nitrogen and oxygen atoms in total. The number of nitrogens with zero attached hydrogens (tertiary/aromatic N) is 5. The van der Waals surface area contributed by atoms with Gasteiger partial charge in [0.05, 0.1) is 18.4 Å². The average molecular weight is 423 g/mol. The van der Waals surface area contributed by atoms with Crippen molar-refractivity contribution in [3.8, 4) is 0 Å². The quantitative estimate of drug-likeness (QED) is 0.792. The van der Waals surface area contributed by atoms with E-state index in [2.05, 4.69) is 38.1 Å². The Kier molecular flexibility index (Phi) is 6.80. The fourth-order valence-electron chi connectivity index (χ4n) is 4.62. The molecule has 0 spiro atoms. The Morgan fingerprint density at radius 2 is 1.84 bits per heavy atom. The number of aryl methyl sites for hydroxylation is 2. The van der Waals surface area contributed by atoms with Crippen molar-refractivity contribution in [2.24, 2.45) is 5.92 Å². The molecule has 166 valence electrons. The standard InChI is InChI=1S/C24H34N6O/c1-17-8-11-30(12-9-17)23(31)16-29-10-4-5-20(15-29)22-7-6-21(14-25-22)28-24-26-18(2)13-19(3)27-24/h6-7,13-14,17,20H,4-5,8-12,15-16H2,1-3H3,(H,26,27,28)/t20-/m0/s1. The smallest absolute Gasteiger partial charge is 0.236 e. The molecule has 4 heterocycles. The molecule has 4 rings (SSSR count). The van der Waals surface area contributed by atoms with Gasteiger partial charge in [-0.3, -0.25) is 14.7 Å². The maximum absolute atomic E-state index is 12.7. The lowest BCUT2D eigenvalue weighted by molar-refractivity contribution is -0.134. The molecule has 0 radical (unpaired) electrons. The second kappa shape index (κ2) is 9.73. The monoisotopic (exact) mass is 422 g/mol. The number of anilines is 2. The van der Waals surface area contributed by atoms with Gasteiger partial charge in [-0.25, -0.2) is 9.97 Å². The van der Waals surface area contributed by atoms with Gasteiger partial charge in [0, 0.05) is 42.6 Å². The van der Waals surface area contributed by atoms with Crippen LogP contribution in [0.2, 0.25) is 0 Å². The molecule has 0 aliphatic carbocycles. The Balaban J connectivity index is 1.33. The number of hydrogen-bond acceptors (Lipinski definition) is 6. The largest absolute Gasteiger partial charge is 0.342 e. The molecule has 0 saturated carbocycles. The number of nitrogens with one attached hydrogen (secondary N) is 1. The van der Waals surface area contributed by atoms with Gasteiger partial charge < -0.3 is 10.2 Å². The van der Waals surface area contributed by atoms with Crippen LogP contribution in [0.1, 0.15) is 55.6 Å². The number of carbonyl (C=O) groups is 1. The zero-order valence-corrected chi connectivity index (χ0v) is 19.0. The molecule has 7 heteroatoms. The van der Waals surface area contributed by atoms with Crippen LogP contribution in [0, 0.1) is 19.8 Å². The van der Waals surface area contributed by atoms with Crippen LogP contribution in [0.3, 0.4) is 0 Å². The van der Waals surface area contributed by atoms with Crippen molar-refractivity contribution in [2.75, 3.05) is 38.0 Å². The lowest BCUT2D eigenvalue weighted by Crippen LogP contribution is -2.46. The third-order valence-corrected chi connectivity index (χ3v) is 6.44. The van der Waals surface area contributed by atoms with Crippen molar-refractivity contribution in [1.29, 1.82) is 0 Å². The van der Waals surface area contributed by atoms with Crippen molar-refractivity contribution in [1.82, 2.24) is 24.8 Å². The third kappa shape index (κ3) is 5.79. The second-order valence-corrected chi connectivity index (χ2v) is 9.21. The molecule has 1 atom stereocenters. The molecule has 0 bridgehead atoms. The summed E-state index contributed by atoms with van der Waals surface area (Å²) in [6.45, 7) is 10.5. The van der Waals surface area contributed by atoms with Gasteiger partial charge in [-0.05, 0) is 70.2 Å². The lowest BCUT2D eigenvalue weighted by atomic mass is 9.94. The van der Waals surface area contributed by atoms with Crippen LogP contribution in [0.4, 0.5) is 11.6 Å². The Morgan fingerprint density at radius 1 is 1.10 bits per heavy atom. The van der Waals surface area contributed by atoms with E-state index in [9.17, 15) is 4.79 Å². The molecule has 0 aromatic carbocycles. The molecule has 1 amide bonds. The number of likely N-dealkylation sites (tertiary alicyclic amines) is 2. The first kappa shape index (κ1) is 21.7. The fourth-order valence-corrected chi connectivity index (χ4v) is 4.62. The summed E-state index contributed by atoms with van der Waals surface area (Å²) in [4.78, 5) is 30.7. The van der Waals surface area contributed by atoms with E-state index < -0.39 is 0 Å². The van der Waals surface area contributed by atoms with Gasteiger partial charge in [0.1, 0.15) is 0 Å². The highest BCUT2D eigenvalue weighted by molar-refractivity contribution is 5.78. The molecular formula is C24H34N6O. The summed E-state index contributed by atoms with van der Waals surface area (Å²) in [5, 5.41) is 3.24. The molecule has 2 saturated heterocycles. The van der Waals surface area contributed by atoms with E-state index in [1.165, 1.54) is 0 Å². The summed E-state index contributed by atoms with van der Waals surface area (Å²) >= 11 is 0. The number of amides is 1. The molecule has 0 unspecified atom stereocenters. The van der Waals surface area contributed by atoms with Crippen LogP contribution in [0.15, 0.2) is 24.4 Å². The molecule has 2 aromatic rings. The minimum Gasteiger partial charge on any atom is -0.342 e. The Hall–Kier alpha value is -2.54. The number of pyridine rings is 1. The first-order valence-electron chi connectivity index (χ1n) is 11.5. The highest BCUT2D eigenvalue weighted by atomic mass is 16.2. The van der Waals surface area contributed by atoms with Crippen molar-refractivity contribution in [2.45, 2.75) is 52.4 Å².